The molecule has 2 unspecified atom stereocenters. The number of aromatic nitrogens is 2. The van der Waals surface area contributed by atoms with Gasteiger partial charge >= 0.3 is 6.18 Å². The van der Waals surface area contributed by atoms with Crippen LogP contribution in [-0.4, -0.2) is 36.3 Å². The Morgan fingerprint density at radius 2 is 2.16 bits per heavy atom. The number of piperidine rings is 1. The van der Waals surface area contributed by atoms with Gasteiger partial charge in [-0.1, -0.05) is 6.92 Å². The smallest absolute Gasteiger partial charge is 0.379 e. The number of anilines is 1. The Labute approximate surface area is 109 Å². The number of rotatable bonds is 2. The molecule has 0 N–H and O–H groups in total. The Balaban J connectivity index is 2.18. The van der Waals surface area contributed by atoms with E-state index in [9.17, 15) is 13.2 Å². The first-order valence-corrected chi connectivity index (χ1v) is 6.10. The topological polar surface area (TPSA) is 38.2 Å². The number of methoxy groups -OCH3 is 1. The first-order valence-electron chi connectivity index (χ1n) is 6.10. The van der Waals surface area contributed by atoms with Crippen LogP contribution in [0.5, 0.6) is 0 Å². The van der Waals surface area contributed by atoms with Crippen LogP contribution in [0.4, 0.5) is 19.1 Å². The average Bonchev–Trinajstić information content (AvgIpc) is 2.38. The van der Waals surface area contributed by atoms with Gasteiger partial charge in [-0.05, 0) is 18.4 Å². The van der Waals surface area contributed by atoms with Crippen molar-refractivity contribution in [1.82, 2.24) is 9.97 Å². The number of halogens is 3. The van der Waals surface area contributed by atoms with E-state index in [1.165, 1.54) is 0 Å². The summed E-state index contributed by atoms with van der Waals surface area (Å²) in [6, 6.07) is 0.879. The molecule has 1 aliphatic heterocycles. The Hall–Kier alpha value is -1.37. The average molecular weight is 275 g/mol. The van der Waals surface area contributed by atoms with Gasteiger partial charge in [0.1, 0.15) is 5.69 Å². The summed E-state index contributed by atoms with van der Waals surface area (Å²) >= 11 is 0. The summed E-state index contributed by atoms with van der Waals surface area (Å²) in [6.45, 7) is 3.22. The van der Waals surface area contributed by atoms with E-state index in [1.54, 1.807) is 12.0 Å². The second kappa shape index (κ2) is 5.32. The van der Waals surface area contributed by atoms with Crippen molar-refractivity contribution in [3.8, 4) is 0 Å². The van der Waals surface area contributed by atoms with Crippen LogP contribution in [0.2, 0.25) is 0 Å². The molecule has 0 spiro atoms. The van der Waals surface area contributed by atoms with Gasteiger partial charge in [0.15, 0.2) is 0 Å². The van der Waals surface area contributed by atoms with Crippen molar-refractivity contribution in [1.29, 1.82) is 0 Å². The van der Waals surface area contributed by atoms with Crippen molar-refractivity contribution in [2.75, 3.05) is 25.1 Å². The highest BCUT2D eigenvalue weighted by Crippen LogP contribution is 2.29. The fraction of sp³-hybridized carbons (Fsp3) is 0.667. The van der Waals surface area contributed by atoms with E-state index in [0.29, 0.717) is 19.0 Å². The fourth-order valence-electron chi connectivity index (χ4n) is 2.18. The molecule has 0 bridgehead atoms. The van der Waals surface area contributed by atoms with Crippen LogP contribution in [0.25, 0.3) is 0 Å². The van der Waals surface area contributed by atoms with Crippen molar-refractivity contribution >= 4 is 5.95 Å². The van der Waals surface area contributed by atoms with E-state index in [2.05, 4.69) is 16.9 Å². The molecule has 2 atom stereocenters. The lowest BCUT2D eigenvalue weighted by Gasteiger charge is -2.36. The lowest BCUT2D eigenvalue weighted by atomic mass is 9.96. The Morgan fingerprint density at radius 3 is 2.79 bits per heavy atom. The first-order chi connectivity index (χ1) is 8.91. The normalized spacial score (nSPS) is 24.6. The van der Waals surface area contributed by atoms with E-state index < -0.39 is 11.9 Å². The Bertz CT molecular complexity index is 438. The van der Waals surface area contributed by atoms with Crippen molar-refractivity contribution in [3.05, 3.63) is 18.0 Å². The highest BCUT2D eigenvalue weighted by atomic mass is 19.4. The van der Waals surface area contributed by atoms with Gasteiger partial charge in [0.05, 0.1) is 6.10 Å². The van der Waals surface area contributed by atoms with Gasteiger partial charge in [0, 0.05) is 26.4 Å². The number of hydrogen-bond acceptors (Lipinski definition) is 4. The standard InChI is InChI=1S/C12H16F3N3O/c1-8-4-6-18(7-9(8)19-2)11-16-5-3-10(17-11)12(13,14)15/h3,5,8-9H,4,6-7H2,1-2H3. The monoisotopic (exact) mass is 275 g/mol. The molecular weight excluding hydrogens is 259 g/mol. The summed E-state index contributed by atoms with van der Waals surface area (Å²) in [6.07, 6.45) is -2.46. The van der Waals surface area contributed by atoms with Crippen molar-refractivity contribution in [2.45, 2.75) is 25.6 Å². The van der Waals surface area contributed by atoms with Crippen molar-refractivity contribution in [3.63, 3.8) is 0 Å². The Kier molecular flexibility index (Phi) is 3.93. The van der Waals surface area contributed by atoms with E-state index in [0.717, 1.165) is 18.7 Å². The van der Waals surface area contributed by atoms with Gasteiger partial charge in [-0.2, -0.15) is 13.2 Å². The molecule has 0 aliphatic carbocycles. The summed E-state index contributed by atoms with van der Waals surface area (Å²) in [5.41, 5.74) is -0.912. The minimum absolute atomic E-state index is 0.00751. The van der Waals surface area contributed by atoms with Crippen LogP contribution in [-0.2, 0) is 10.9 Å². The van der Waals surface area contributed by atoms with Crippen LogP contribution in [0.1, 0.15) is 19.0 Å². The summed E-state index contributed by atoms with van der Waals surface area (Å²) in [5.74, 6) is 0.496. The maximum Gasteiger partial charge on any atom is 0.433 e. The van der Waals surface area contributed by atoms with Crippen LogP contribution < -0.4 is 4.90 Å². The van der Waals surface area contributed by atoms with Crippen molar-refractivity contribution in [2.24, 2.45) is 5.92 Å². The van der Waals surface area contributed by atoms with E-state index >= 15 is 0 Å². The molecule has 2 heterocycles. The van der Waals surface area contributed by atoms with Gasteiger partial charge in [-0.25, -0.2) is 9.97 Å². The zero-order chi connectivity index (χ0) is 14.0. The third kappa shape index (κ3) is 3.15. The molecule has 1 fully saturated rings. The van der Waals surface area contributed by atoms with E-state index in [-0.39, 0.29) is 12.1 Å². The number of ether oxygens (including phenoxy) is 1. The molecule has 0 radical (unpaired) electrons. The molecule has 7 heteroatoms. The molecule has 1 saturated heterocycles. The minimum atomic E-state index is -4.44. The van der Waals surface area contributed by atoms with Crippen LogP contribution in [0.3, 0.4) is 0 Å². The highest BCUT2D eigenvalue weighted by molar-refractivity contribution is 5.32. The molecule has 0 saturated carbocycles. The number of hydrogen-bond donors (Lipinski definition) is 0. The number of nitrogens with zero attached hydrogens (tertiary/aromatic N) is 3. The molecule has 19 heavy (non-hydrogen) atoms. The third-order valence-electron chi connectivity index (χ3n) is 3.41. The quantitative estimate of drug-likeness (QED) is 0.830. The van der Waals surface area contributed by atoms with E-state index in [1.807, 2.05) is 0 Å². The van der Waals surface area contributed by atoms with Crippen LogP contribution in [0.15, 0.2) is 12.3 Å². The second-order valence-corrected chi connectivity index (χ2v) is 4.73. The molecule has 4 nitrogen and oxygen atoms in total. The molecule has 1 aromatic heterocycles. The summed E-state index contributed by atoms with van der Waals surface area (Å²) < 4.78 is 43.2. The van der Waals surface area contributed by atoms with Gasteiger partial charge in [0.25, 0.3) is 0 Å². The Morgan fingerprint density at radius 1 is 1.42 bits per heavy atom. The lowest BCUT2D eigenvalue weighted by Crippen LogP contribution is -2.44. The molecular formula is C12H16F3N3O. The van der Waals surface area contributed by atoms with Crippen molar-refractivity contribution < 1.29 is 17.9 Å². The maximum atomic E-state index is 12.6. The highest BCUT2D eigenvalue weighted by Gasteiger charge is 2.34. The van der Waals surface area contributed by atoms with Gasteiger partial charge in [-0.3, -0.25) is 0 Å². The predicted octanol–water partition coefficient (Wildman–Crippen LogP) is 2.36. The molecule has 1 aromatic rings. The SMILES string of the molecule is COC1CN(c2nccc(C(F)(F)F)n2)CCC1C. The predicted molar refractivity (Wildman–Crippen MR) is 63.8 cm³/mol. The minimum Gasteiger partial charge on any atom is -0.379 e. The molecule has 0 aromatic carbocycles. The summed E-state index contributed by atoms with van der Waals surface area (Å²) in [4.78, 5) is 9.26. The zero-order valence-electron chi connectivity index (χ0n) is 10.8. The summed E-state index contributed by atoms with van der Waals surface area (Å²) in [7, 11) is 1.61. The molecule has 1 aliphatic rings. The van der Waals surface area contributed by atoms with Gasteiger partial charge < -0.3 is 9.64 Å². The fourth-order valence-corrected chi connectivity index (χ4v) is 2.18. The van der Waals surface area contributed by atoms with Gasteiger partial charge in [-0.15, -0.1) is 0 Å². The lowest BCUT2D eigenvalue weighted by molar-refractivity contribution is -0.141. The molecule has 0 amide bonds. The van der Waals surface area contributed by atoms with Crippen LogP contribution in [0, 0.1) is 5.92 Å². The largest absolute Gasteiger partial charge is 0.433 e. The second-order valence-electron chi connectivity index (χ2n) is 4.73. The van der Waals surface area contributed by atoms with E-state index in [4.69, 9.17) is 4.74 Å². The van der Waals surface area contributed by atoms with Gasteiger partial charge in [0.2, 0.25) is 5.95 Å². The number of alkyl halides is 3. The third-order valence-corrected chi connectivity index (χ3v) is 3.41. The zero-order valence-corrected chi connectivity index (χ0v) is 10.8. The first kappa shape index (κ1) is 14.0. The summed E-state index contributed by atoms with van der Waals surface area (Å²) in [5, 5.41) is 0. The van der Waals surface area contributed by atoms with Crippen LogP contribution >= 0.6 is 0 Å². The molecule has 106 valence electrons. The maximum absolute atomic E-state index is 12.6. The molecule has 2 rings (SSSR count).